The molecule has 10 aromatic rings. The van der Waals surface area contributed by atoms with Gasteiger partial charge in [-0.3, -0.25) is 0 Å². The predicted molar refractivity (Wildman–Crippen MR) is 221 cm³/mol. The van der Waals surface area contributed by atoms with E-state index < -0.39 is 0 Å². The van der Waals surface area contributed by atoms with Gasteiger partial charge in [-0.1, -0.05) is 170 Å². The van der Waals surface area contributed by atoms with Crippen LogP contribution in [0.3, 0.4) is 0 Å². The van der Waals surface area contributed by atoms with Crippen molar-refractivity contribution in [2.24, 2.45) is 0 Å². The normalized spacial score (nSPS) is 11.4. The Kier molecular flexibility index (Phi) is 7.47. The highest BCUT2D eigenvalue weighted by Gasteiger charge is 2.16. The molecule has 8 aromatic carbocycles. The highest BCUT2D eigenvalue weighted by atomic mass is 15.0. The van der Waals surface area contributed by atoms with E-state index in [-0.39, 0.29) is 0 Å². The van der Waals surface area contributed by atoms with E-state index in [4.69, 9.17) is 9.97 Å². The van der Waals surface area contributed by atoms with Crippen molar-refractivity contribution < 1.29 is 0 Å². The van der Waals surface area contributed by atoms with Crippen LogP contribution in [0.5, 0.6) is 0 Å². The molecule has 248 valence electrons. The molecule has 0 saturated heterocycles. The van der Waals surface area contributed by atoms with Gasteiger partial charge in [0.2, 0.25) is 0 Å². The zero-order valence-electron chi connectivity index (χ0n) is 28.9. The molecular formula is C50H33N3. The van der Waals surface area contributed by atoms with Gasteiger partial charge >= 0.3 is 0 Å². The van der Waals surface area contributed by atoms with Gasteiger partial charge < -0.3 is 4.57 Å². The van der Waals surface area contributed by atoms with E-state index in [0.29, 0.717) is 5.82 Å². The second-order valence-electron chi connectivity index (χ2n) is 13.4. The van der Waals surface area contributed by atoms with Crippen molar-refractivity contribution in [1.29, 1.82) is 0 Å². The summed E-state index contributed by atoms with van der Waals surface area (Å²) in [6.07, 6.45) is 0. The molecule has 0 saturated carbocycles. The Morgan fingerprint density at radius 3 is 1.70 bits per heavy atom. The van der Waals surface area contributed by atoms with Crippen LogP contribution < -0.4 is 0 Å². The molecule has 0 unspecified atom stereocenters. The molecule has 0 aliphatic carbocycles. The number of hydrogen-bond donors (Lipinski definition) is 0. The average Bonchev–Trinajstić information content (AvgIpc) is 3.58. The molecule has 0 aliphatic rings. The fraction of sp³-hybridized carbons (Fsp3) is 0. The minimum Gasteiger partial charge on any atom is -0.309 e. The summed E-state index contributed by atoms with van der Waals surface area (Å²) in [5.41, 5.74) is 13.0. The number of nitrogens with zero attached hydrogens (tertiary/aromatic N) is 3. The van der Waals surface area contributed by atoms with Gasteiger partial charge in [-0.2, -0.15) is 0 Å². The lowest BCUT2D eigenvalue weighted by atomic mass is 9.97. The van der Waals surface area contributed by atoms with Crippen LogP contribution in [0.4, 0.5) is 0 Å². The van der Waals surface area contributed by atoms with Crippen LogP contribution in [0.15, 0.2) is 200 Å². The summed E-state index contributed by atoms with van der Waals surface area (Å²) in [5.74, 6) is 0.697. The van der Waals surface area contributed by atoms with Crippen LogP contribution in [0, 0.1) is 0 Å². The number of hydrogen-bond acceptors (Lipinski definition) is 2. The molecule has 3 nitrogen and oxygen atoms in total. The third-order valence-electron chi connectivity index (χ3n) is 10.2. The maximum absolute atomic E-state index is 5.21. The van der Waals surface area contributed by atoms with Crippen molar-refractivity contribution in [2.75, 3.05) is 0 Å². The molecule has 0 spiro atoms. The van der Waals surface area contributed by atoms with Crippen molar-refractivity contribution in [1.82, 2.24) is 14.5 Å². The van der Waals surface area contributed by atoms with Gasteiger partial charge in [0, 0.05) is 33.2 Å². The summed E-state index contributed by atoms with van der Waals surface area (Å²) in [6, 6.07) is 71.0. The van der Waals surface area contributed by atoms with Crippen molar-refractivity contribution >= 4 is 32.6 Å². The fourth-order valence-electron chi connectivity index (χ4n) is 7.62. The Labute approximate surface area is 308 Å². The Morgan fingerprint density at radius 2 is 0.887 bits per heavy atom. The Balaban J connectivity index is 1.13. The van der Waals surface area contributed by atoms with Gasteiger partial charge in [-0.25, -0.2) is 9.97 Å². The maximum atomic E-state index is 5.21. The minimum absolute atomic E-state index is 0.697. The molecule has 53 heavy (non-hydrogen) atoms. The third kappa shape index (κ3) is 5.56. The Morgan fingerprint density at radius 1 is 0.321 bits per heavy atom. The molecule has 3 heteroatoms. The second-order valence-corrected chi connectivity index (χ2v) is 13.4. The summed E-state index contributed by atoms with van der Waals surface area (Å²) in [6.45, 7) is 0. The van der Waals surface area contributed by atoms with Crippen LogP contribution in [-0.2, 0) is 0 Å². The van der Waals surface area contributed by atoms with Crippen LogP contribution in [0.2, 0.25) is 0 Å². The van der Waals surface area contributed by atoms with Crippen LogP contribution in [0.25, 0.3) is 94.4 Å². The summed E-state index contributed by atoms with van der Waals surface area (Å²) in [4.78, 5) is 10.3. The van der Waals surface area contributed by atoms with Gasteiger partial charge in [0.1, 0.15) is 0 Å². The molecule has 2 aromatic heterocycles. The highest BCUT2D eigenvalue weighted by Crippen LogP contribution is 2.38. The standard InChI is InChI=1S/C50H33N3/c1-3-13-34(14-4-1)35-25-27-38(28-26-35)50-51-46(37-16-5-2-6-17-37)33-47(52-50)40-19-11-20-41(31-40)53-48-24-10-9-22-44(48)45-30-29-39(32-49(45)53)43-23-12-18-36-15-7-8-21-42(36)43/h1-33H. The largest absolute Gasteiger partial charge is 0.309 e. The molecule has 0 bridgehead atoms. The SMILES string of the molecule is c1ccc(-c2ccc(-c3nc(-c4ccccc4)cc(-c4cccc(-n5c6ccccc6c6ccc(-c7cccc8ccccc78)cc65)c4)n3)cc2)cc1. The first-order valence-corrected chi connectivity index (χ1v) is 18.0. The zero-order chi connectivity index (χ0) is 35.1. The van der Waals surface area contributed by atoms with Crippen molar-refractivity contribution in [3.63, 3.8) is 0 Å². The number of rotatable bonds is 6. The lowest BCUT2D eigenvalue weighted by Crippen LogP contribution is -1.98. The number of fused-ring (bicyclic) bond motifs is 4. The molecule has 0 radical (unpaired) electrons. The van der Waals surface area contributed by atoms with E-state index in [0.717, 1.165) is 39.3 Å². The summed E-state index contributed by atoms with van der Waals surface area (Å²) in [7, 11) is 0. The van der Waals surface area contributed by atoms with Gasteiger partial charge in [0.15, 0.2) is 5.82 Å². The quantitative estimate of drug-likeness (QED) is 0.176. The first-order chi connectivity index (χ1) is 26.3. The average molecular weight is 676 g/mol. The van der Waals surface area contributed by atoms with E-state index in [9.17, 15) is 0 Å². The van der Waals surface area contributed by atoms with Crippen molar-refractivity contribution in [3.8, 4) is 61.8 Å². The molecule has 0 aliphatic heterocycles. The Hall–Kier alpha value is -7.10. The van der Waals surface area contributed by atoms with Crippen LogP contribution >= 0.6 is 0 Å². The van der Waals surface area contributed by atoms with Gasteiger partial charge in [-0.15, -0.1) is 0 Å². The smallest absolute Gasteiger partial charge is 0.160 e. The number of para-hydroxylation sites is 1. The van der Waals surface area contributed by atoms with E-state index in [1.165, 1.54) is 49.3 Å². The van der Waals surface area contributed by atoms with Gasteiger partial charge in [0.25, 0.3) is 0 Å². The van der Waals surface area contributed by atoms with E-state index in [1.54, 1.807) is 0 Å². The maximum Gasteiger partial charge on any atom is 0.160 e. The molecule has 0 fully saturated rings. The topological polar surface area (TPSA) is 30.7 Å². The molecule has 0 atom stereocenters. The van der Waals surface area contributed by atoms with E-state index in [1.807, 2.05) is 12.1 Å². The lowest BCUT2D eigenvalue weighted by molar-refractivity contribution is 1.16. The lowest BCUT2D eigenvalue weighted by Gasteiger charge is -2.13. The monoisotopic (exact) mass is 675 g/mol. The van der Waals surface area contributed by atoms with Crippen molar-refractivity contribution in [3.05, 3.63) is 200 Å². The number of aromatic nitrogens is 3. The summed E-state index contributed by atoms with van der Waals surface area (Å²) < 4.78 is 2.39. The molecule has 2 heterocycles. The molecule has 0 N–H and O–H groups in total. The second kappa shape index (κ2) is 12.9. The first kappa shape index (κ1) is 30.7. The fourth-order valence-corrected chi connectivity index (χ4v) is 7.62. The van der Waals surface area contributed by atoms with E-state index >= 15 is 0 Å². The molecule has 10 rings (SSSR count). The van der Waals surface area contributed by atoms with Crippen LogP contribution in [-0.4, -0.2) is 14.5 Å². The van der Waals surface area contributed by atoms with E-state index in [2.05, 4.69) is 193 Å². The molecular weight excluding hydrogens is 643 g/mol. The first-order valence-electron chi connectivity index (χ1n) is 18.0. The van der Waals surface area contributed by atoms with Crippen LogP contribution in [0.1, 0.15) is 0 Å². The Bertz CT molecular complexity index is 2920. The summed E-state index contributed by atoms with van der Waals surface area (Å²) in [5, 5.41) is 4.95. The summed E-state index contributed by atoms with van der Waals surface area (Å²) >= 11 is 0. The predicted octanol–water partition coefficient (Wildman–Crippen LogP) is 13.1. The van der Waals surface area contributed by atoms with Gasteiger partial charge in [-0.05, 0) is 63.4 Å². The zero-order valence-corrected chi connectivity index (χ0v) is 28.9. The molecule has 0 amide bonds. The third-order valence-corrected chi connectivity index (χ3v) is 10.2. The minimum atomic E-state index is 0.697. The highest BCUT2D eigenvalue weighted by molar-refractivity contribution is 6.11. The van der Waals surface area contributed by atoms with Crippen molar-refractivity contribution in [2.45, 2.75) is 0 Å². The number of benzene rings is 8. The van der Waals surface area contributed by atoms with Gasteiger partial charge in [0.05, 0.1) is 22.4 Å².